The Bertz CT molecular complexity index is 406. The second kappa shape index (κ2) is 5.21. The van der Waals surface area contributed by atoms with E-state index in [0.717, 1.165) is 41.4 Å². The molecule has 0 unspecified atom stereocenters. The van der Waals surface area contributed by atoms with Crippen molar-refractivity contribution in [3.63, 3.8) is 0 Å². The van der Waals surface area contributed by atoms with Crippen molar-refractivity contribution in [2.75, 3.05) is 11.9 Å². The molecule has 0 aliphatic heterocycles. The average Bonchev–Trinajstić information content (AvgIpc) is 3.07. The number of amides is 1. The van der Waals surface area contributed by atoms with Crippen LogP contribution >= 0.6 is 15.9 Å². The summed E-state index contributed by atoms with van der Waals surface area (Å²) in [6.07, 6.45) is 2.31. The van der Waals surface area contributed by atoms with Crippen LogP contribution in [-0.4, -0.2) is 28.7 Å². The highest BCUT2D eigenvalue weighted by molar-refractivity contribution is 9.09. The van der Waals surface area contributed by atoms with Crippen LogP contribution in [0, 0.1) is 13.8 Å². The highest BCUT2D eigenvalue weighted by Gasteiger charge is 2.32. The van der Waals surface area contributed by atoms with Crippen molar-refractivity contribution in [2.45, 2.75) is 32.7 Å². The van der Waals surface area contributed by atoms with Crippen molar-refractivity contribution in [1.29, 1.82) is 0 Å². The smallest absolute Gasteiger partial charge is 0.254 e. The molecule has 1 aromatic carbocycles. The highest BCUT2D eigenvalue weighted by Crippen LogP contribution is 2.28. The monoisotopic (exact) mass is 295 g/mol. The number of hydrogen-bond donors (Lipinski definition) is 0. The molecule has 0 spiro atoms. The maximum atomic E-state index is 12.4. The van der Waals surface area contributed by atoms with E-state index in [1.807, 2.05) is 30.9 Å². The fraction of sp³-hybridized carbons (Fsp3) is 0.500. The first-order valence-corrected chi connectivity index (χ1v) is 7.19. The van der Waals surface area contributed by atoms with Gasteiger partial charge < -0.3 is 4.90 Å². The molecule has 92 valence electrons. The first-order valence-electron chi connectivity index (χ1n) is 6.07. The molecule has 0 N–H and O–H groups in total. The van der Waals surface area contributed by atoms with Crippen LogP contribution < -0.4 is 0 Å². The van der Waals surface area contributed by atoms with Crippen molar-refractivity contribution < 1.29 is 4.79 Å². The Morgan fingerprint density at radius 3 is 2.35 bits per heavy atom. The lowest BCUT2D eigenvalue weighted by Gasteiger charge is -2.21. The van der Waals surface area contributed by atoms with E-state index in [-0.39, 0.29) is 5.91 Å². The molecule has 1 aliphatic carbocycles. The topological polar surface area (TPSA) is 20.3 Å². The molecule has 1 amide bonds. The Kier molecular flexibility index (Phi) is 3.87. The van der Waals surface area contributed by atoms with Gasteiger partial charge in [0.25, 0.3) is 5.91 Å². The van der Waals surface area contributed by atoms with Gasteiger partial charge in [-0.3, -0.25) is 4.79 Å². The number of carbonyl (C=O) groups excluding carboxylic acids is 1. The van der Waals surface area contributed by atoms with Crippen molar-refractivity contribution >= 4 is 21.8 Å². The van der Waals surface area contributed by atoms with Gasteiger partial charge in [0.2, 0.25) is 0 Å². The number of nitrogens with zero attached hydrogens (tertiary/aromatic N) is 1. The molecule has 1 aliphatic rings. The van der Waals surface area contributed by atoms with Crippen molar-refractivity contribution in [3.05, 3.63) is 34.9 Å². The Morgan fingerprint density at radius 1 is 1.29 bits per heavy atom. The van der Waals surface area contributed by atoms with Crippen molar-refractivity contribution in [2.24, 2.45) is 0 Å². The van der Waals surface area contributed by atoms with Gasteiger partial charge in [-0.15, -0.1) is 0 Å². The van der Waals surface area contributed by atoms with Crippen LogP contribution in [0.4, 0.5) is 0 Å². The predicted octanol–water partition coefficient (Wildman–Crippen LogP) is 3.30. The first kappa shape index (κ1) is 12.6. The molecule has 2 nitrogen and oxygen atoms in total. The van der Waals surface area contributed by atoms with Crippen LogP contribution in [-0.2, 0) is 0 Å². The minimum atomic E-state index is 0.179. The SMILES string of the molecule is Cc1cc(C)cc(C(=O)N(CCBr)C2CC2)c1. The first-order chi connectivity index (χ1) is 8.11. The molecule has 0 atom stereocenters. The van der Waals surface area contributed by atoms with E-state index in [4.69, 9.17) is 0 Å². The third-order valence-corrected chi connectivity index (χ3v) is 3.40. The van der Waals surface area contributed by atoms with Gasteiger partial charge in [0, 0.05) is 23.5 Å². The van der Waals surface area contributed by atoms with Crippen LogP contribution in [0.3, 0.4) is 0 Å². The zero-order chi connectivity index (χ0) is 12.4. The van der Waals surface area contributed by atoms with E-state index in [2.05, 4.69) is 22.0 Å². The molecule has 0 bridgehead atoms. The average molecular weight is 296 g/mol. The molecular weight excluding hydrogens is 278 g/mol. The third-order valence-electron chi connectivity index (χ3n) is 3.04. The summed E-state index contributed by atoms with van der Waals surface area (Å²) in [5.74, 6) is 0.179. The predicted molar refractivity (Wildman–Crippen MR) is 73.8 cm³/mol. The summed E-state index contributed by atoms with van der Waals surface area (Å²) >= 11 is 3.42. The van der Waals surface area contributed by atoms with E-state index < -0.39 is 0 Å². The minimum absolute atomic E-state index is 0.179. The standard InChI is InChI=1S/C14H18BrNO/c1-10-7-11(2)9-12(8-10)14(17)16(6-5-15)13-3-4-13/h7-9,13H,3-6H2,1-2H3. The number of benzene rings is 1. The lowest BCUT2D eigenvalue weighted by Crippen LogP contribution is -2.34. The fourth-order valence-electron chi connectivity index (χ4n) is 2.19. The highest BCUT2D eigenvalue weighted by atomic mass is 79.9. The summed E-state index contributed by atoms with van der Waals surface area (Å²) in [5.41, 5.74) is 3.14. The van der Waals surface area contributed by atoms with Gasteiger partial charge in [-0.05, 0) is 38.8 Å². The van der Waals surface area contributed by atoms with E-state index in [0.29, 0.717) is 6.04 Å². The zero-order valence-corrected chi connectivity index (χ0v) is 12.0. The van der Waals surface area contributed by atoms with Crippen molar-refractivity contribution in [3.8, 4) is 0 Å². The summed E-state index contributed by atoms with van der Waals surface area (Å²) in [6, 6.07) is 6.54. The Hall–Kier alpha value is -0.830. The van der Waals surface area contributed by atoms with Gasteiger partial charge in [-0.1, -0.05) is 33.1 Å². The maximum absolute atomic E-state index is 12.4. The minimum Gasteiger partial charge on any atom is -0.335 e. The van der Waals surface area contributed by atoms with Gasteiger partial charge in [0.1, 0.15) is 0 Å². The number of hydrogen-bond acceptors (Lipinski definition) is 1. The van der Waals surface area contributed by atoms with E-state index in [1.165, 1.54) is 0 Å². The molecule has 3 heteroatoms. The molecule has 1 fully saturated rings. The van der Waals surface area contributed by atoms with Crippen LogP contribution in [0.5, 0.6) is 0 Å². The Labute approximate surface area is 111 Å². The summed E-state index contributed by atoms with van der Waals surface area (Å²) in [7, 11) is 0. The molecule has 1 aromatic rings. The van der Waals surface area contributed by atoms with Gasteiger partial charge >= 0.3 is 0 Å². The van der Waals surface area contributed by atoms with Gasteiger partial charge in [-0.25, -0.2) is 0 Å². The van der Waals surface area contributed by atoms with Gasteiger partial charge in [0.15, 0.2) is 0 Å². The van der Waals surface area contributed by atoms with Crippen LogP contribution in [0.2, 0.25) is 0 Å². The lowest BCUT2D eigenvalue weighted by atomic mass is 10.1. The quantitative estimate of drug-likeness (QED) is 0.781. The largest absolute Gasteiger partial charge is 0.335 e. The number of halogens is 1. The van der Waals surface area contributed by atoms with E-state index in [9.17, 15) is 4.79 Å². The molecule has 0 heterocycles. The maximum Gasteiger partial charge on any atom is 0.254 e. The van der Waals surface area contributed by atoms with E-state index >= 15 is 0 Å². The van der Waals surface area contributed by atoms with Crippen molar-refractivity contribution in [1.82, 2.24) is 4.90 Å². The molecule has 0 radical (unpaired) electrons. The summed E-state index contributed by atoms with van der Waals surface area (Å²) < 4.78 is 0. The molecule has 17 heavy (non-hydrogen) atoms. The summed E-state index contributed by atoms with van der Waals surface area (Å²) in [5, 5.41) is 0.847. The third kappa shape index (κ3) is 3.09. The number of carbonyl (C=O) groups is 1. The number of aryl methyl sites for hydroxylation is 2. The molecule has 0 aromatic heterocycles. The van der Waals surface area contributed by atoms with Crippen LogP contribution in [0.1, 0.15) is 34.3 Å². The Morgan fingerprint density at radius 2 is 1.88 bits per heavy atom. The fourth-order valence-corrected chi connectivity index (χ4v) is 2.57. The molecule has 0 saturated heterocycles. The lowest BCUT2D eigenvalue weighted by molar-refractivity contribution is 0.0754. The number of alkyl halides is 1. The molecular formula is C14H18BrNO. The normalized spacial score (nSPS) is 14.8. The zero-order valence-electron chi connectivity index (χ0n) is 10.4. The summed E-state index contributed by atoms with van der Waals surface area (Å²) in [6.45, 7) is 4.88. The van der Waals surface area contributed by atoms with Gasteiger partial charge in [0.05, 0.1) is 0 Å². The van der Waals surface area contributed by atoms with E-state index in [1.54, 1.807) is 0 Å². The molecule has 1 saturated carbocycles. The summed E-state index contributed by atoms with van der Waals surface area (Å²) in [4.78, 5) is 14.4. The van der Waals surface area contributed by atoms with Crippen LogP contribution in [0.25, 0.3) is 0 Å². The van der Waals surface area contributed by atoms with Gasteiger partial charge in [-0.2, -0.15) is 0 Å². The Balaban J connectivity index is 2.21. The van der Waals surface area contributed by atoms with Crippen LogP contribution in [0.15, 0.2) is 18.2 Å². The number of rotatable bonds is 4. The second-order valence-electron chi connectivity index (χ2n) is 4.80. The second-order valence-corrected chi connectivity index (χ2v) is 5.59. The molecule has 2 rings (SSSR count).